The summed E-state index contributed by atoms with van der Waals surface area (Å²) < 4.78 is 1.70. The molecule has 0 unspecified atom stereocenters. The Morgan fingerprint density at radius 3 is 2.81 bits per heavy atom. The number of rotatable bonds is 3. The third-order valence-corrected chi connectivity index (χ3v) is 2.34. The number of hydrogen-bond donors (Lipinski definition) is 1. The SMILES string of the molecule is Cc1ccccc1-n1ccc(CC(=O)O)n1. The maximum atomic E-state index is 10.5. The summed E-state index contributed by atoms with van der Waals surface area (Å²) in [4.78, 5) is 10.5. The number of carboxylic acid groups (broad SMARTS) is 1. The van der Waals surface area contributed by atoms with Crippen molar-refractivity contribution >= 4 is 5.97 Å². The number of carbonyl (C=O) groups is 1. The molecule has 0 saturated carbocycles. The van der Waals surface area contributed by atoms with E-state index in [0.29, 0.717) is 5.69 Å². The maximum Gasteiger partial charge on any atom is 0.309 e. The van der Waals surface area contributed by atoms with E-state index in [9.17, 15) is 4.79 Å². The highest BCUT2D eigenvalue weighted by Crippen LogP contribution is 2.12. The molecule has 2 rings (SSSR count). The number of benzene rings is 1. The molecule has 4 nitrogen and oxygen atoms in total. The summed E-state index contributed by atoms with van der Waals surface area (Å²) in [6, 6.07) is 9.56. The van der Waals surface area contributed by atoms with Crippen LogP contribution in [0.1, 0.15) is 11.3 Å². The van der Waals surface area contributed by atoms with Crippen LogP contribution in [0.3, 0.4) is 0 Å². The molecule has 1 aromatic heterocycles. The Kier molecular flexibility index (Phi) is 2.72. The first-order valence-electron chi connectivity index (χ1n) is 4.99. The van der Waals surface area contributed by atoms with E-state index in [1.165, 1.54) is 0 Å². The second-order valence-corrected chi connectivity index (χ2v) is 3.61. The molecular weight excluding hydrogens is 204 g/mol. The summed E-state index contributed by atoms with van der Waals surface area (Å²) >= 11 is 0. The average Bonchev–Trinajstić information content (AvgIpc) is 2.66. The van der Waals surface area contributed by atoms with Gasteiger partial charge in [-0.3, -0.25) is 4.79 Å². The van der Waals surface area contributed by atoms with Crippen LogP contribution >= 0.6 is 0 Å². The Morgan fingerprint density at radius 1 is 1.38 bits per heavy atom. The van der Waals surface area contributed by atoms with Gasteiger partial charge < -0.3 is 5.11 Å². The van der Waals surface area contributed by atoms with Crippen molar-refractivity contribution in [2.24, 2.45) is 0 Å². The summed E-state index contributed by atoms with van der Waals surface area (Å²) in [7, 11) is 0. The van der Waals surface area contributed by atoms with Crippen molar-refractivity contribution in [3.05, 3.63) is 47.8 Å². The lowest BCUT2D eigenvalue weighted by Gasteiger charge is -2.04. The molecule has 0 amide bonds. The molecule has 0 aliphatic rings. The molecule has 82 valence electrons. The van der Waals surface area contributed by atoms with Gasteiger partial charge in [0, 0.05) is 6.20 Å². The van der Waals surface area contributed by atoms with Gasteiger partial charge in [-0.1, -0.05) is 18.2 Å². The average molecular weight is 216 g/mol. The lowest BCUT2D eigenvalue weighted by Crippen LogP contribution is -2.03. The van der Waals surface area contributed by atoms with Crippen LogP contribution < -0.4 is 0 Å². The second kappa shape index (κ2) is 4.18. The van der Waals surface area contributed by atoms with Gasteiger partial charge in [0.2, 0.25) is 0 Å². The van der Waals surface area contributed by atoms with Crippen molar-refractivity contribution in [2.45, 2.75) is 13.3 Å². The van der Waals surface area contributed by atoms with Crippen molar-refractivity contribution in [2.75, 3.05) is 0 Å². The van der Waals surface area contributed by atoms with Crippen LogP contribution in [0.5, 0.6) is 0 Å². The lowest BCUT2D eigenvalue weighted by molar-refractivity contribution is -0.136. The highest BCUT2D eigenvalue weighted by Gasteiger charge is 2.06. The molecule has 0 saturated heterocycles. The van der Waals surface area contributed by atoms with E-state index in [0.717, 1.165) is 11.3 Å². The Balaban J connectivity index is 2.32. The van der Waals surface area contributed by atoms with Gasteiger partial charge in [0.05, 0.1) is 17.8 Å². The van der Waals surface area contributed by atoms with E-state index in [4.69, 9.17) is 5.11 Å². The number of nitrogens with zero attached hydrogens (tertiary/aromatic N) is 2. The minimum atomic E-state index is -0.866. The molecule has 1 heterocycles. The Labute approximate surface area is 93.1 Å². The van der Waals surface area contributed by atoms with Crippen molar-refractivity contribution in [1.82, 2.24) is 9.78 Å². The predicted octanol–water partition coefficient (Wildman–Crippen LogP) is 1.81. The van der Waals surface area contributed by atoms with Crippen molar-refractivity contribution in [3.8, 4) is 5.69 Å². The molecule has 2 aromatic rings. The minimum Gasteiger partial charge on any atom is -0.481 e. The van der Waals surface area contributed by atoms with Crippen molar-refractivity contribution in [3.63, 3.8) is 0 Å². The number of aromatic nitrogens is 2. The number of carboxylic acids is 1. The fourth-order valence-electron chi connectivity index (χ4n) is 1.57. The monoisotopic (exact) mass is 216 g/mol. The zero-order valence-corrected chi connectivity index (χ0v) is 8.92. The predicted molar refractivity (Wildman–Crippen MR) is 59.6 cm³/mol. The molecule has 0 fully saturated rings. The fourth-order valence-corrected chi connectivity index (χ4v) is 1.57. The molecule has 1 aromatic carbocycles. The zero-order valence-electron chi connectivity index (χ0n) is 8.92. The van der Waals surface area contributed by atoms with Gasteiger partial charge in [-0.25, -0.2) is 4.68 Å². The van der Waals surface area contributed by atoms with Crippen LogP contribution in [0.4, 0.5) is 0 Å². The number of para-hydroxylation sites is 1. The third kappa shape index (κ3) is 2.11. The molecule has 0 radical (unpaired) electrons. The van der Waals surface area contributed by atoms with E-state index in [2.05, 4.69) is 5.10 Å². The van der Waals surface area contributed by atoms with E-state index in [1.54, 1.807) is 16.9 Å². The van der Waals surface area contributed by atoms with Gasteiger partial charge >= 0.3 is 5.97 Å². The maximum absolute atomic E-state index is 10.5. The van der Waals surface area contributed by atoms with Gasteiger partial charge in [-0.15, -0.1) is 0 Å². The lowest BCUT2D eigenvalue weighted by atomic mass is 10.2. The van der Waals surface area contributed by atoms with Crippen LogP contribution in [0, 0.1) is 6.92 Å². The Hall–Kier alpha value is -2.10. The van der Waals surface area contributed by atoms with Crippen LogP contribution in [0.15, 0.2) is 36.5 Å². The van der Waals surface area contributed by atoms with Gasteiger partial charge in [0.15, 0.2) is 0 Å². The first kappa shape index (κ1) is 10.4. The summed E-state index contributed by atoms with van der Waals surface area (Å²) in [6.45, 7) is 1.99. The number of hydrogen-bond acceptors (Lipinski definition) is 2. The summed E-state index contributed by atoms with van der Waals surface area (Å²) in [5, 5.41) is 12.9. The molecule has 1 N–H and O–H groups in total. The first-order chi connectivity index (χ1) is 7.66. The topological polar surface area (TPSA) is 55.1 Å². The number of aliphatic carboxylic acids is 1. The summed E-state index contributed by atoms with van der Waals surface area (Å²) in [5.41, 5.74) is 2.64. The highest BCUT2D eigenvalue weighted by molar-refractivity contribution is 5.69. The Morgan fingerprint density at radius 2 is 2.12 bits per heavy atom. The largest absolute Gasteiger partial charge is 0.481 e. The normalized spacial score (nSPS) is 10.3. The van der Waals surface area contributed by atoms with E-state index in [-0.39, 0.29) is 6.42 Å². The molecule has 0 spiro atoms. The van der Waals surface area contributed by atoms with Crippen molar-refractivity contribution in [1.29, 1.82) is 0 Å². The second-order valence-electron chi connectivity index (χ2n) is 3.61. The Bertz CT molecular complexity index is 517. The molecule has 4 heteroatoms. The van der Waals surface area contributed by atoms with E-state index >= 15 is 0 Å². The summed E-state index contributed by atoms with van der Waals surface area (Å²) in [5.74, 6) is -0.866. The number of aryl methyl sites for hydroxylation is 1. The quantitative estimate of drug-likeness (QED) is 0.851. The van der Waals surface area contributed by atoms with E-state index in [1.807, 2.05) is 31.2 Å². The molecule has 0 aliphatic carbocycles. The standard InChI is InChI=1S/C12H12N2O2/c1-9-4-2-3-5-11(9)14-7-6-10(13-14)8-12(15)16/h2-7H,8H2,1H3,(H,15,16). The molecule has 0 aliphatic heterocycles. The van der Waals surface area contributed by atoms with Gasteiger partial charge in [-0.05, 0) is 24.6 Å². The molecule has 0 atom stereocenters. The molecular formula is C12H12N2O2. The molecule has 16 heavy (non-hydrogen) atoms. The van der Waals surface area contributed by atoms with E-state index < -0.39 is 5.97 Å². The molecule has 0 bridgehead atoms. The highest BCUT2D eigenvalue weighted by atomic mass is 16.4. The fraction of sp³-hybridized carbons (Fsp3) is 0.167. The van der Waals surface area contributed by atoms with Gasteiger partial charge in [0.25, 0.3) is 0 Å². The third-order valence-electron chi connectivity index (χ3n) is 2.34. The van der Waals surface area contributed by atoms with Gasteiger partial charge in [0.1, 0.15) is 0 Å². The van der Waals surface area contributed by atoms with Crippen LogP contribution in [0.25, 0.3) is 5.69 Å². The zero-order chi connectivity index (χ0) is 11.5. The van der Waals surface area contributed by atoms with Crippen LogP contribution in [-0.2, 0) is 11.2 Å². The van der Waals surface area contributed by atoms with Crippen LogP contribution in [0.2, 0.25) is 0 Å². The van der Waals surface area contributed by atoms with Crippen molar-refractivity contribution < 1.29 is 9.90 Å². The smallest absolute Gasteiger partial charge is 0.309 e. The summed E-state index contributed by atoms with van der Waals surface area (Å²) in [6.07, 6.45) is 1.74. The van der Waals surface area contributed by atoms with Gasteiger partial charge in [-0.2, -0.15) is 5.10 Å². The first-order valence-corrected chi connectivity index (χ1v) is 4.99. The van der Waals surface area contributed by atoms with Crippen LogP contribution in [-0.4, -0.2) is 20.9 Å². The minimum absolute atomic E-state index is 0.0428.